The molecule has 1 saturated heterocycles. The Balaban J connectivity index is 1.73. The van der Waals surface area contributed by atoms with Crippen LogP contribution in [0.1, 0.15) is 39.9 Å². The highest BCUT2D eigenvalue weighted by atomic mass is 32.1. The van der Waals surface area contributed by atoms with Crippen LogP contribution in [-0.2, 0) is 11.3 Å². The largest absolute Gasteiger partial charge is 0.383 e. The maximum absolute atomic E-state index is 12.9. The van der Waals surface area contributed by atoms with E-state index >= 15 is 0 Å². The van der Waals surface area contributed by atoms with Crippen molar-refractivity contribution in [2.45, 2.75) is 32.2 Å². The van der Waals surface area contributed by atoms with Gasteiger partial charge in [0.2, 0.25) is 0 Å². The summed E-state index contributed by atoms with van der Waals surface area (Å²) in [6, 6.07) is 0. The minimum absolute atomic E-state index is 0.0798. The van der Waals surface area contributed by atoms with Crippen LogP contribution < -0.4 is 5.32 Å². The molecule has 0 saturated carbocycles. The fraction of sp³-hybridized carbons (Fsp3) is 0.588. The number of imidazole rings is 1. The van der Waals surface area contributed by atoms with Gasteiger partial charge in [-0.2, -0.15) is 0 Å². The van der Waals surface area contributed by atoms with E-state index in [4.69, 9.17) is 4.74 Å². The van der Waals surface area contributed by atoms with Crippen molar-refractivity contribution in [2.24, 2.45) is 0 Å². The van der Waals surface area contributed by atoms with Gasteiger partial charge >= 0.3 is 0 Å². The summed E-state index contributed by atoms with van der Waals surface area (Å²) in [6.45, 7) is 4.83. The lowest BCUT2D eigenvalue weighted by Gasteiger charge is -2.32. The van der Waals surface area contributed by atoms with E-state index in [2.05, 4.69) is 19.9 Å². The summed E-state index contributed by atoms with van der Waals surface area (Å²) in [6.07, 6.45) is 5.86. The third-order valence-corrected chi connectivity index (χ3v) is 5.73. The molecule has 1 N–H and O–H groups in total. The van der Waals surface area contributed by atoms with E-state index in [0.717, 1.165) is 47.5 Å². The molecule has 0 bridgehead atoms. The number of anilines is 1. The van der Waals surface area contributed by atoms with E-state index in [1.165, 1.54) is 11.3 Å². The van der Waals surface area contributed by atoms with Gasteiger partial charge in [0, 0.05) is 52.1 Å². The number of nitrogens with zero attached hydrogens (tertiary/aromatic N) is 4. The number of hydrogen-bond acceptors (Lipinski definition) is 6. The van der Waals surface area contributed by atoms with Crippen LogP contribution in [0.25, 0.3) is 0 Å². The quantitative estimate of drug-likeness (QED) is 0.853. The molecule has 2 aromatic rings. The number of nitrogens with one attached hydrogen (secondary N) is 1. The van der Waals surface area contributed by atoms with E-state index in [9.17, 15) is 4.79 Å². The first-order valence-electron chi connectivity index (χ1n) is 8.58. The molecule has 136 valence electrons. The van der Waals surface area contributed by atoms with Crippen LogP contribution in [0.3, 0.4) is 0 Å². The Morgan fingerprint density at radius 3 is 3.08 bits per heavy atom. The molecule has 1 fully saturated rings. The van der Waals surface area contributed by atoms with Gasteiger partial charge in [-0.05, 0) is 19.8 Å². The molecule has 1 aliphatic rings. The molecular formula is C17H25N5O2S. The van der Waals surface area contributed by atoms with Crippen LogP contribution in [0.5, 0.6) is 0 Å². The lowest BCUT2D eigenvalue weighted by atomic mass is 9.97. The maximum Gasteiger partial charge on any atom is 0.265 e. The Labute approximate surface area is 152 Å². The Kier molecular flexibility index (Phi) is 5.70. The second-order valence-electron chi connectivity index (χ2n) is 6.25. The van der Waals surface area contributed by atoms with Crippen molar-refractivity contribution in [1.29, 1.82) is 0 Å². The molecule has 3 heterocycles. The Morgan fingerprint density at radius 1 is 1.52 bits per heavy atom. The summed E-state index contributed by atoms with van der Waals surface area (Å²) in [7, 11) is 3.53. The van der Waals surface area contributed by atoms with E-state index in [1.807, 2.05) is 31.3 Å². The third kappa shape index (κ3) is 3.85. The monoisotopic (exact) mass is 363 g/mol. The molecule has 3 rings (SSSR count). The van der Waals surface area contributed by atoms with Crippen LogP contribution in [0, 0.1) is 6.92 Å². The van der Waals surface area contributed by atoms with Gasteiger partial charge in [-0.25, -0.2) is 9.97 Å². The zero-order valence-electron chi connectivity index (χ0n) is 15.0. The number of ether oxygens (including phenoxy) is 1. The van der Waals surface area contributed by atoms with E-state index in [0.29, 0.717) is 13.2 Å². The average Bonchev–Trinajstić information content (AvgIpc) is 3.25. The van der Waals surface area contributed by atoms with Crippen molar-refractivity contribution in [3.8, 4) is 0 Å². The van der Waals surface area contributed by atoms with Crippen LogP contribution in [0.15, 0.2) is 12.4 Å². The van der Waals surface area contributed by atoms with Crippen molar-refractivity contribution < 1.29 is 9.53 Å². The zero-order chi connectivity index (χ0) is 17.8. The van der Waals surface area contributed by atoms with Crippen molar-refractivity contribution in [3.05, 3.63) is 28.8 Å². The number of hydrogen-bond donors (Lipinski definition) is 1. The van der Waals surface area contributed by atoms with Crippen molar-refractivity contribution >= 4 is 22.4 Å². The van der Waals surface area contributed by atoms with E-state index in [-0.39, 0.29) is 11.8 Å². The van der Waals surface area contributed by atoms with Crippen LogP contribution in [-0.4, -0.2) is 59.2 Å². The summed E-state index contributed by atoms with van der Waals surface area (Å²) in [4.78, 5) is 24.6. The summed E-state index contributed by atoms with van der Waals surface area (Å²) in [5.41, 5.74) is 0.795. The van der Waals surface area contributed by atoms with Crippen LogP contribution >= 0.6 is 11.3 Å². The molecule has 0 aliphatic carbocycles. The fourth-order valence-electron chi connectivity index (χ4n) is 3.28. The topological polar surface area (TPSA) is 72.3 Å². The zero-order valence-corrected chi connectivity index (χ0v) is 15.8. The highest BCUT2D eigenvalue weighted by Gasteiger charge is 2.29. The lowest BCUT2D eigenvalue weighted by molar-refractivity contribution is 0.0706. The number of aryl methyl sites for hydroxylation is 1. The van der Waals surface area contributed by atoms with Crippen LogP contribution in [0.2, 0.25) is 0 Å². The molecule has 8 heteroatoms. The standard InChI is InChI=1S/C17H25N5O2S/c1-12-14(25-17(18-2)20-12)16(23)22-7-4-5-13(11-22)15-19-6-8-21(15)9-10-24-3/h6,8,13H,4-5,7,9-11H2,1-3H3,(H,18,20)/t13-/m0/s1. The summed E-state index contributed by atoms with van der Waals surface area (Å²) in [5.74, 6) is 1.39. The molecule has 25 heavy (non-hydrogen) atoms. The predicted molar refractivity (Wildman–Crippen MR) is 98.4 cm³/mol. The molecule has 0 spiro atoms. The van der Waals surface area contributed by atoms with Crippen molar-refractivity contribution in [1.82, 2.24) is 19.4 Å². The van der Waals surface area contributed by atoms with Gasteiger partial charge in [0.15, 0.2) is 5.13 Å². The molecule has 1 amide bonds. The number of methoxy groups -OCH3 is 1. The molecule has 0 radical (unpaired) electrons. The first-order chi connectivity index (χ1) is 12.1. The second-order valence-corrected chi connectivity index (χ2v) is 7.24. The van der Waals surface area contributed by atoms with E-state index < -0.39 is 0 Å². The SMILES string of the molecule is CNc1nc(C)c(C(=O)N2CCC[C@H](c3nccn3CCOC)C2)s1. The maximum atomic E-state index is 12.9. The number of rotatable bonds is 6. The minimum atomic E-state index is 0.0798. The molecule has 7 nitrogen and oxygen atoms in total. The van der Waals surface area contributed by atoms with Gasteiger partial charge in [-0.15, -0.1) is 0 Å². The van der Waals surface area contributed by atoms with Gasteiger partial charge in [0.25, 0.3) is 5.91 Å². The summed E-state index contributed by atoms with van der Waals surface area (Å²) in [5, 5.41) is 3.80. The van der Waals surface area contributed by atoms with Gasteiger partial charge in [0.1, 0.15) is 10.7 Å². The first-order valence-corrected chi connectivity index (χ1v) is 9.40. The number of thiazole rings is 1. The van der Waals surface area contributed by atoms with Gasteiger partial charge in [-0.1, -0.05) is 11.3 Å². The number of piperidine rings is 1. The number of aromatic nitrogens is 3. The van der Waals surface area contributed by atoms with Crippen LogP contribution in [0.4, 0.5) is 5.13 Å². The molecule has 2 aromatic heterocycles. The van der Waals surface area contributed by atoms with Gasteiger partial charge < -0.3 is 19.5 Å². The van der Waals surface area contributed by atoms with Crippen molar-refractivity contribution in [3.63, 3.8) is 0 Å². The lowest BCUT2D eigenvalue weighted by Crippen LogP contribution is -2.39. The molecular weight excluding hydrogens is 338 g/mol. The number of carbonyl (C=O) groups is 1. The highest BCUT2D eigenvalue weighted by Crippen LogP contribution is 2.29. The predicted octanol–water partition coefficient (Wildman–Crippen LogP) is 2.36. The molecule has 1 atom stereocenters. The number of likely N-dealkylation sites (tertiary alicyclic amines) is 1. The van der Waals surface area contributed by atoms with E-state index in [1.54, 1.807) is 7.11 Å². The Morgan fingerprint density at radius 2 is 2.36 bits per heavy atom. The summed E-state index contributed by atoms with van der Waals surface area (Å²) < 4.78 is 7.31. The second kappa shape index (κ2) is 7.97. The molecule has 0 aromatic carbocycles. The number of carbonyl (C=O) groups excluding carboxylic acids is 1. The Hall–Kier alpha value is -1.93. The van der Waals surface area contributed by atoms with Gasteiger partial charge in [-0.3, -0.25) is 4.79 Å². The normalized spacial score (nSPS) is 17.7. The molecule has 0 unspecified atom stereocenters. The van der Waals surface area contributed by atoms with Crippen molar-refractivity contribution in [2.75, 3.05) is 39.2 Å². The molecule has 1 aliphatic heterocycles. The minimum Gasteiger partial charge on any atom is -0.383 e. The smallest absolute Gasteiger partial charge is 0.265 e. The first kappa shape index (κ1) is 17.9. The number of amides is 1. The van der Waals surface area contributed by atoms with Gasteiger partial charge in [0.05, 0.1) is 12.3 Å². The fourth-order valence-corrected chi connectivity index (χ4v) is 4.16. The Bertz CT molecular complexity index is 726. The third-order valence-electron chi connectivity index (χ3n) is 4.56. The highest BCUT2D eigenvalue weighted by molar-refractivity contribution is 7.17. The average molecular weight is 363 g/mol. The summed E-state index contributed by atoms with van der Waals surface area (Å²) >= 11 is 1.42.